The van der Waals surface area contributed by atoms with E-state index in [2.05, 4.69) is 0 Å². The number of ketones is 1. The van der Waals surface area contributed by atoms with E-state index in [1.165, 1.54) is 36.4 Å². The van der Waals surface area contributed by atoms with Crippen molar-refractivity contribution in [3.63, 3.8) is 0 Å². The summed E-state index contributed by atoms with van der Waals surface area (Å²) in [5.41, 5.74) is 1.11. The molecule has 128 valence electrons. The molecule has 2 heterocycles. The van der Waals surface area contributed by atoms with Gasteiger partial charge in [0, 0.05) is 23.6 Å². The molecular weight excluding hydrogens is 338 g/mol. The second-order valence-corrected chi connectivity index (χ2v) is 5.85. The van der Waals surface area contributed by atoms with Crippen LogP contribution in [0.4, 0.5) is 5.69 Å². The van der Waals surface area contributed by atoms with Crippen LogP contribution in [0.3, 0.4) is 0 Å². The molecule has 0 aliphatic carbocycles. The molecule has 0 amide bonds. The lowest BCUT2D eigenvalue weighted by atomic mass is 10.0. The Kier molecular flexibility index (Phi) is 3.43. The molecule has 7 nitrogen and oxygen atoms in total. The van der Waals surface area contributed by atoms with Crippen molar-refractivity contribution in [1.82, 2.24) is 0 Å². The van der Waals surface area contributed by atoms with Crippen molar-refractivity contribution in [1.29, 1.82) is 0 Å². The van der Waals surface area contributed by atoms with E-state index in [0.717, 1.165) is 0 Å². The highest BCUT2D eigenvalue weighted by Crippen LogP contribution is 2.37. The smallest absolute Gasteiger partial charge is 0.336 e. The second kappa shape index (κ2) is 5.66. The van der Waals surface area contributed by atoms with Gasteiger partial charge in [-0.15, -0.1) is 0 Å². The fourth-order valence-corrected chi connectivity index (χ4v) is 2.89. The van der Waals surface area contributed by atoms with Crippen LogP contribution in [0, 0.1) is 17.0 Å². The van der Waals surface area contributed by atoms with Crippen LogP contribution in [0.25, 0.3) is 17.0 Å². The van der Waals surface area contributed by atoms with Gasteiger partial charge >= 0.3 is 5.63 Å². The Morgan fingerprint density at radius 2 is 1.81 bits per heavy atom. The molecule has 4 rings (SSSR count). The van der Waals surface area contributed by atoms with Crippen LogP contribution in [0.2, 0.25) is 0 Å². The summed E-state index contributed by atoms with van der Waals surface area (Å²) < 4.78 is 10.8. The topological polar surface area (TPSA) is 99.7 Å². The van der Waals surface area contributed by atoms with Crippen LogP contribution in [-0.4, -0.2) is 10.7 Å². The van der Waals surface area contributed by atoms with E-state index < -0.39 is 16.3 Å². The molecule has 0 unspecified atom stereocenters. The lowest BCUT2D eigenvalue weighted by molar-refractivity contribution is -0.384. The maximum Gasteiger partial charge on any atom is 0.336 e. The van der Waals surface area contributed by atoms with Crippen LogP contribution in [0.1, 0.15) is 21.5 Å². The number of carbonyl (C=O) groups excluding carboxylic acids is 1. The Hall–Kier alpha value is -3.74. The number of carbonyl (C=O) groups is 1. The van der Waals surface area contributed by atoms with Gasteiger partial charge in [-0.25, -0.2) is 4.79 Å². The molecule has 3 aromatic rings. The van der Waals surface area contributed by atoms with Gasteiger partial charge in [-0.05, 0) is 48.4 Å². The fraction of sp³-hybridized carbons (Fsp3) is 0.0526. The van der Waals surface area contributed by atoms with E-state index in [1.54, 1.807) is 19.1 Å². The predicted octanol–water partition coefficient (Wildman–Crippen LogP) is 3.63. The molecular formula is C19H11NO6. The Bertz CT molecular complexity index is 1170. The van der Waals surface area contributed by atoms with E-state index >= 15 is 0 Å². The van der Waals surface area contributed by atoms with E-state index in [1.807, 2.05) is 0 Å². The van der Waals surface area contributed by atoms with Crippen LogP contribution in [-0.2, 0) is 0 Å². The van der Waals surface area contributed by atoms with Gasteiger partial charge in [0.1, 0.15) is 11.3 Å². The highest BCUT2D eigenvalue weighted by molar-refractivity contribution is 6.20. The number of hydrogen-bond acceptors (Lipinski definition) is 6. The quantitative estimate of drug-likeness (QED) is 0.303. The molecule has 0 saturated heterocycles. The molecule has 0 radical (unpaired) electrons. The van der Waals surface area contributed by atoms with E-state index in [4.69, 9.17) is 9.15 Å². The van der Waals surface area contributed by atoms with Gasteiger partial charge in [0.2, 0.25) is 5.78 Å². The molecule has 0 spiro atoms. The van der Waals surface area contributed by atoms with Crippen molar-refractivity contribution in [3.8, 4) is 5.75 Å². The molecule has 0 fully saturated rings. The summed E-state index contributed by atoms with van der Waals surface area (Å²) in [5.74, 6) is -0.0346. The van der Waals surface area contributed by atoms with Crippen molar-refractivity contribution in [3.05, 3.63) is 85.4 Å². The van der Waals surface area contributed by atoms with Crippen molar-refractivity contribution in [2.45, 2.75) is 6.92 Å². The van der Waals surface area contributed by atoms with E-state index in [0.29, 0.717) is 22.3 Å². The third kappa shape index (κ3) is 2.46. The summed E-state index contributed by atoms with van der Waals surface area (Å²) in [6, 6.07) is 10.5. The van der Waals surface area contributed by atoms with Gasteiger partial charge in [-0.3, -0.25) is 14.9 Å². The van der Waals surface area contributed by atoms with E-state index in [-0.39, 0.29) is 22.6 Å². The largest absolute Gasteiger partial charge is 0.452 e. The Morgan fingerprint density at radius 1 is 1.08 bits per heavy atom. The number of allylic oxidation sites excluding steroid dienone is 1. The highest BCUT2D eigenvalue weighted by Gasteiger charge is 2.31. The van der Waals surface area contributed by atoms with Crippen molar-refractivity contribution in [2.24, 2.45) is 0 Å². The lowest BCUT2D eigenvalue weighted by Gasteiger charge is -2.02. The second-order valence-electron chi connectivity index (χ2n) is 5.85. The first-order valence-corrected chi connectivity index (χ1v) is 7.70. The van der Waals surface area contributed by atoms with E-state index in [9.17, 15) is 19.7 Å². The first-order chi connectivity index (χ1) is 12.4. The summed E-state index contributed by atoms with van der Waals surface area (Å²) in [6.07, 6.45) is 1.49. The number of Topliss-reactive ketones (excluding diaryl/α,β-unsaturated/α-hetero) is 1. The molecule has 7 heteroatoms. The minimum atomic E-state index is -0.538. The number of ether oxygens (including phenoxy) is 1. The monoisotopic (exact) mass is 349 g/mol. The molecule has 0 saturated carbocycles. The number of nitro groups is 1. The summed E-state index contributed by atoms with van der Waals surface area (Å²) in [5, 5.41) is 11.4. The number of nitro benzene ring substituents is 1. The number of rotatable bonds is 2. The van der Waals surface area contributed by atoms with Gasteiger partial charge in [0.15, 0.2) is 11.3 Å². The number of benzene rings is 2. The normalized spacial score (nSPS) is 14.5. The average molecular weight is 349 g/mol. The van der Waals surface area contributed by atoms with Gasteiger partial charge in [-0.1, -0.05) is 0 Å². The lowest BCUT2D eigenvalue weighted by Crippen LogP contribution is -2.02. The molecule has 1 aliphatic rings. The minimum Gasteiger partial charge on any atom is -0.452 e. The highest BCUT2D eigenvalue weighted by atomic mass is 16.6. The van der Waals surface area contributed by atoms with Crippen molar-refractivity contribution in [2.75, 3.05) is 0 Å². The Morgan fingerprint density at radius 3 is 2.50 bits per heavy atom. The number of aryl methyl sites for hydroxylation is 1. The summed E-state index contributed by atoms with van der Waals surface area (Å²) in [7, 11) is 0. The average Bonchev–Trinajstić information content (AvgIpc) is 2.91. The third-order valence-corrected chi connectivity index (χ3v) is 4.15. The molecule has 2 aromatic carbocycles. The number of nitrogens with zero attached hydrogens (tertiary/aromatic N) is 1. The summed E-state index contributed by atoms with van der Waals surface area (Å²) in [6.45, 7) is 1.76. The zero-order valence-corrected chi connectivity index (χ0v) is 13.5. The number of non-ortho nitro benzene ring substituents is 1. The van der Waals surface area contributed by atoms with Crippen LogP contribution < -0.4 is 10.4 Å². The number of hydrogen-bond donors (Lipinski definition) is 0. The molecule has 26 heavy (non-hydrogen) atoms. The first-order valence-electron chi connectivity index (χ1n) is 7.70. The number of fused-ring (bicyclic) bond motifs is 3. The maximum absolute atomic E-state index is 12.7. The zero-order chi connectivity index (χ0) is 18.4. The Labute approximate surface area is 146 Å². The van der Waals surface area contributed by atoms with Crippen LogP contribution in [0.5, 0.6) is 5.75 Å². The van der Waals surface area contributed by atoms with Gasteiger partial charge in [0.05, 0.1) is 4.92 Å². The fourth-order valence-electron chi connectivity index (χ4n) is 2.89. The van der Waals surface area contributed by atoms with Gasteiger partial charge in [0.25, 0.3) is 5.69 Å². The molecule has 1 aromatic heterocycles. The standard InChI is InChI=1S/C19H11NO6/c1-10-8-16(21)26-19-13(10)6-7-14-17(19)18(22)15(25-14)9-11-2-4-12(5-3-11)20(23)24/h2-9H,1H3. The molecule has 0 atom stereocenters. The zero-order valence-electron chi connectivity index (χ0n) is 13.5. The molecule has 1 aliphatic heterocycles. The minimum absolute atomic E-state index is 0.0441. The third-order valence-electron chi connectivity index (χ3n) is 4.15. The summed E-state index contributed by atoms with van der Waals surface area (Å²) >= 11 is 0. The summed E-state index contributed by atoms with van der Waals surface area (Å²) in [4.78, 5) is 34.6. The van der Waals surface area contributed by atoms with Crippen molar-refractivity contribution < 1.29 is 18.9 Å². The van der Waals surface area contributed by atoms with Crippen molar-refractivity contribution >= 4 is 28.5 Å². The SMILES string of the molecule is Cc1cc(=O)oc2c3c(ccc12)OC(=Cc1ccc([N+](=O)[O-])cc1)C3=O. The molecule has 0 N–H and O–H groups in total. The van der Waals surface area contributed by atoms with Crippen LogP contribution in [0.15, 0.2) is 57.4 Å². The molecule has 0 bridgehead atoms. The van der Waals surface area contributed by atoms with Gasteiger partial charge < -0.3 is 9.15 Å². The van der Waals surface area contributed by atoms with Crippen LogP contribution >= 0.6 is 0 Å². The van der Waals surface area contributed by atoms with Gasteiger partial charge in [-0.2, -0.15) is 0 Å². The maximum atomic E-state index is 12.7. The first kappa shape index (κ1) is 15.8. The Balaban J connectivity index is 1.80. The predicted molar refractivity (Wildman–Crippen MR) is 93.3 cm³/mol.